The lowest BCUT2D eigenvalue weighted by Crippen LogP contribution is -2.34. The van der Waals surface area contributed by atoms with Gasteiger partial charge < -0.3 is 10.2 Å². The van der Waals surface area contributed by atoms with Crippen molar-refractivity contribution in [3.05, 3.63) is 65.0 Å². The van der Waals surface area contributed by atoms with Gasteiger partial charge in [-0.15, -0.1) is 11.8 Å². The molecule has 1 fully saturated rings. The minimum atomic E-state index is -0.274. The molecule has 1 N–H and O–H groups in total. The number of thioether (sulfide) groups is 1. The molecule has 0 bridgehead atoms. The van der Waals surface area contributed by atoms with Crippen LogP contribution in [0, 0.1) is 19.7 Å². The molecule has 3 nitrogen and oxygen atoms in total. The first-order valence-electron chi connectivity index (χ1n) is 7.56. The zero-order valence-corrected chi connectivity index (χ0v) is 14.0. The molecule has 5 heteroatoms. The molecule has 1 aliphatic heterocycles. The number of nitrogens with one attached hydrogen (secondary N) is 1. The molecule has 0 saturated carbocycles. The number of benzene rings is 2. The van der Waals surface area contributed by atoms with E-state index < -0.39 is 0 Å². The fourth-order valence-corrected chi connectivity index (χ4v) is 3.87. The molecular formula is C18H19FN2OS. The van der Waals surface area contributed by atoms with E-state index in [1.165, 1.54) is 17.7 Å². The molecule has 1 saturated heterocycles. The Morgan fingerprint density at radius 3 is 2.78 bits per heavy atom. The summed E-state index contributed by atoms with van der Waals surface area (Å²) in [6.45, 7) is 4.72. The number of aryl methyl sites for hydroxylation is 2. The second kappa shape index (κ2) is 6.62. The number of carbonyl (C=O) groups is 1. The molecule has 1 heterocycles. The lowest BCUT2D eigenvalue weighted by molar-refractivity contribution is 0.214. The summed E-state index contributed by atoms with van der Waals surface area (Å²) in [4.78, 5) is 14.3. The summed E-state index contributed by atoms with van der Waals surface area (Å²) in [6, 6.07) is 12.2. The summed E-state index contributed by atoms with van der Waals surface area (Å²) in [5.41, 5.74) is 3.94. The number of rotatable bonds is 2. The van der Waals surface area contributed by atoms with Crippen LogP contribution >= 0.6 is 11.8 Å². The second-order valence-corrected chi connectivity index (χ2v) is 6.89. The van der Waals surface area contributed by atoms with Gasteiger partial charge in [-0.25, -0.2) is 9.18 Å². The number of amides is 2. The summed E-state index contributed by atoms with van der Waals surface area (Å²) in [6.07, 6.45) is 0. The highest BCUT2D eigenvalue weighted by Gasteiger charge is 2.30. The monoisotopic (exact) mass is 330 g/mol. The topological polar surface area (TPSA) is 32.3 Å². The summed E-state index contributed by atoms with van der Waals surface area (Å²) in [5, 5.41) is 2.80. The second-order valence-electron chi connectivity index (χ2n) is 5.70. The summed E-state index contributed by atoms with van der Waals surface area (Å²) < 4.78 is 13.4. The molecule has 1 atom stereocenters. The lowest BCUT2D eigenvalue weighted by Gasteiger charge is -2.24. The van der Waals surface area contributed by atoms with Crippen LogP contribution in [0.25, 0.3) is 0 Å². The fourth-order valence-electron chi connectivity index (χ4n) is 2.63. The molecule has 2 amide bonds. The Morgan fingerprint density at radius 1 is 1.22 bits per heavy atom. The number of urea groups is 1. The number of halogens is 1. The molecule has 0 spiro atoms. The minimum Gasteiger partial charge on any atom is -0.308 e. The van der Waals surface area contributed by atoms with Crippen LogP contribution in [0.2, 0.25) is 0 Å². The van der Waals surface area contributed by atoms with Crippen LogP contribution in [0.15, 0.2) is 42.5 Å². The van der Waals surface area contributed by atoms with Gasteiger partial charge in [-0.05, 0) is 54.8 Å². The van der Waals surface area contributed by atoms with Crippen molar-refractivity contribution in [3.8, 4) is 0 Å². The summed E-state index contributed by atoms with van der Waals surface area (Å²) in [7, 11) is 0. The number of anilines is 1. The lowest BCUT2D eigenvalue weighted by atomic mass is 10.1. The first-order valence-corrected chi connectivity index (χ1v) is 8.61. The Morgan fingerprint density at radius 2 is 2.04 bits per heavy atom. The van der Waals surface area contributed by atoms with Gasteiger partial charge in [-0.2, -0.15) is 0 Å². The molecule has 3 rings (SSSR count). The van der Waals surface area contributed by atoms with E-state index in [0.29, 0.717) is 6.54 Å². The van der Waals surface area contributed by atoms with E-state index in [0.717, 1.165) is 22.6 Å². The first-order chi connectivity index (χ1) is 11.0. The Labute approximate surface area is 139 Å². The maximum Gasteiger partial charge on any atom is 0.323 e. The van der Waals surface area contributed by atoms with E-state index in [4.69, 9.17) is 0 Å². The van der Waals surface area contributed by atoms with Crippen LogP contribution in [0.5, 0.6) is 0 Å². The molecule has 0 aliphatic carbocycles. The van der Waals surface area contributed by atoms with Crippen molar-refractivity contribution in [1.82, 2.24) is 4.90 Å². The van der Waals surface area contributed by atoms with Gasteiger partial charge in [0.15, 0.2) is 0 Å². The third kappa shape index (κ3) is 3.50. The van der Waals surface area contributed by atoms with Crippen LogP contribution in [0.3, 0.4) is 0 Å². The Bertz CT molecular complexity index is 735. The minimum absolute atomic E-state index is 0.141. The highest BCUT2D eigenvalue weighted by Crippen LogP contribution is 2.38. The number of nitrogens with zero attached hydrogens (tertiary/aromatic N) is 1. The van der Waals surface area contributed by atoms with Crippen LogP contribution in [0.4, 0.5) is 14.9 Å². The van der Waals surface area contributed by atoms with E-state index in [2.05, 4.69) is 5.32 Å². The van der Waals surface area contributed by atoms with Gasteiger partial charge in [-0.1, -0.05) is 18.2 Å². The van der Waals surface area contributed by atoms with Crippen molar-refractivity contribution >= 4 is 23.5 Å². The van der Waals surface area contributed by atoms with Gasteiger partial charge in [0.2, 0.25) is 0 Å². The molecule has 1 aliphatic rings. The van der Waals surface area contributed by atoms with Gasteiger partial charge in [0.1, 0.15) is 11.2 Å². The van der Waals surface area contributed by atoms with Crippen molar-refractivity contribution < 1.29 is 9.18 Å². The van der Waals surface area contributed by atoms with Crippen molar-refractivity contribution in [1.29, 1.82) is 0 Å². The molecule has 0 aromatic heterocycles. The van der Waals surface area contributed by atoms with Crippen molar-refractivity contribution in [3.63, 3.8) is 0 Å². The van der Waals surface area contributed by atoms with Crippen molar-refractivity contribution in [2.75, 3.05) is 17.6 Å². The normalized spacial score (nSPS) is 17.3. The molecule has 23 heavy (non-hydrogen) atoms. The third-order valence-corrected chi connectivity index (χ3v) is 5.30. The van der Waals surface area contributed by atoms with E-state index in [1.807, 2.05) is 38.1 Å². The Kier molecular flexibility index (Phi) is 4.57. The summed E-state index contributed by atoms with van der Waals surface area (Å²) in [5.74, 6) is 0.575. The van der Waals surface area contributed by atoms with E-state index in [-0.39, 0.29) is 17.2 Å². The maximum absolute atomic E-state index is 13.4. The standard InChI is InChI=1S/C18H19FN2OS/c1-12-6-7-16(10-13(12)2)20-18(22)21-8-9-23-17(21)14-4-3-5-15(19)11-14/h3-7,10-11,17H,8-9H2,1-2H3,(H,20,22)/t17-/m0/s1. The van der Waals surface area contributed by atoms with Crippen LogP contribution in [-0.4, -0.2) is 23.2 Å². The molecule has 120 valence electrons. The Hall–Kier alpha value is -2.01. The smallest absolute Gasteiger partial charge is 0.308 e. The predicted octanol–water partition coefficient (Wildman–Crippen LogP) is 4.72. The highest BCUT2D eigenvalue weighted by molar-refractivity contribution is 7.99. The average Bonchev–Trinajstić information content (AvgIpc) is 3.00. The highest BCUT2D eigenvalue weighted by atomic mass is 32.2. The largest absolute Gasteiger partial charge is 0.323 e. The summed E-state index contributed by atoms with van der Waals surface area (Å²) >= 11 is 1.66. The number of hydrogen-bond donors (Lipinski definition) is 1. The quantitative estimate of drug-likeness (QED) is 0.864. The zero-order chi connectivity index (χ0) is 16.4. The van der Waals surface area contributed by atoms with Gasteiger partial charge in [0, 0.05) is 18.0 Å². The van der Waals surface area contributed by atoms with Crippen molar-refractivity contribution in [2.45, 2.75) is 19.2 Å². The van der Waals surface area contributed by atoms with Crippen molar-refractivity contribution in [2.24, 2.45) is 0 Å². The molecule has 0 radical (unpaired) electrons. The van der Waals surface area contributed by atoms with Gasteiger partial charge in [0.05, 0.1) is 0 Å². The maximum atomic E-state index is 13.4. The first kappa shape index (κ1) is 15.9. The van der Waals surface area contributed by atoms with Crippen LogP contribution < -0.4 is 5.32 Å². The van der Waals surface area contributed by atoms with Gasteiger partial charge in [0.25, 0.3) is 0 Å². The fraction of sp³-hybridized carbons (Fsp3) is 0.278. The number of hydrogen-bond acceptors (Lipinski definition) is 2. The van der Waals surface area contributed by atoms with E-state index in [1.54, 1.807) is 22.7 Å². The number of carbonyl (C=O) groups excluding carboxylic acids is 1. The third-order valence-electron chi connectivity index (χ3n) is 4.04. The van der Waals surface area contributed by atoms with Crippen LogP contribution in [-0.2, 0) is 0 Å². The zero-order valence-electron chi connectivity index (χ0n) is 13.2. The average molecular weight is 330 g/mol. The SMILES string of the molecule is Cc1ccc(NC(=O)N2CCS[C@H]2c2cccc(F)c2)cc1C. The van der Waals surface area contributed by atoms with E-state index >= 15 is 0 Å². The Balaban J connectivity index is 1.76. The van der Waals surface area contributed by atoms with Gasteiger partial charge >= 0.3 is 6.03 Å². The predicted molar refractivity (Wildman–Crippen MR) is 93.2 cm³/mol. The molecule has 0 unspecified atom stereocenters. The van der Waals surface area contributed by atoms with Gasteiger partial charge in [-0.3, -0.25) is 0 Å². The van der Waals surface area contributed by atoms with E-state index in [9.17, 15) is 9.18 Å². The molecule has 2 aromatic carbocycles. The molecule has 2 aromatic rings. The molecular weight excluding hydrogens is 311 g/mol. The van der Waals surface area contributed by atoms with Crippen LogP contribution in [0.1, 0.15) is 22.1 Å².